The molecule has 2 aromatic rings. The summed E-state index contributed by atoms with van der Waals surface area (Å²) in [4.78, 5) is 24.2. The average molecular weight is 298 g/mol. The van der Waals surface area contributed by atoms with E-state index in [0.29, 0.717) is 11.4 Å². The van der Waals surface area contributed by atoms with Gasteiger partial charge in [-0.1, -0.05) is 37.8 Å². The van der Waals surface area contributed by atoms with Crippen molar-refractivity contribution in [1.29, 1.82) is 0 Å². The number of aromatic nitrogens is 1. The van der Waals surface area contributed by atoms with Gasteiger partial charge in [-0.3, -0.25) is 9.59 Å². The molecule has 3 rings (SSSR count). The maximum absolute atomic E-state index is 12.3. The standard InChI is InChI=1S/C18H22N2O2/c21-17-11-12-20(16-10-6-5-9-15(16)17)13-18(22)19-14-7-3-1-2-4-8-14/h5-6,9-12,14H,1-4,7-8,13H2,(H,19,22). The minimum absolute atomic E-state index is 0.00368. The Balaban J connectivity index is 1.74. The lowest BCUT2D eigenvalue weighted by Crippen LogP contribution is -2.36. The summed E-state index contributed by atoms with van der Waals surface area (Å²) in [5.41, 5.74) is 0.807. The van der Waals surface area contributed by atoms with Gasteiger partial charge in [-0.25, -0.2) is 0 Å². The molecule has 1 heterocycles. The van der Waals surface area contributed by atoms with Crippen LogP contribution in [0.15, 0.2) is 41.3 Å². The molecule has 0 radical (unpaired) electrons. The van der Waals surface area contributed by atoms with Crippen molar-refractivity contribution in [2.24, 2.45) is 0 Å². The smallest absolute Gasteiger partial charge is 0.240 e. The van der Waals surface area contributed by atoms with Crippen LogP contribution < -0.4 is 10.7 Å². The normalized spacial score (nSPS) is 16.4. The molecule has 116 valence electrons. The van der Waals surface area contributed by atoms with Crippen molar-refractivity contribution in [1.82, 2.24) is 9.88 Å². The first kappa shape index (κ1) is 14.8. The Hall–Kier alpha value is -2.10. The zero-order valence-electron chi connectivity index (χ0n) is 12.8. The molecular weight excluding hydrogens is 276 g/mol. The third-order valence-corrected chi connectivity index (χ3v) is 4.42. The number of nitrogens with zero attached hydrogens (tertiary/aromatic N) is 1. The van der Waals surface area contributed by atoms with E-state index < -0.39 is 0 Å². The fraction of sp³-hybridized carbons (Fsp3) is 0.444. The van der Waals surface area contributed by atoms with Crippen LogP contribution in [0.25, 0.3) is 10.9 Å². The van der Waals surface area contributed by atoms with Crippen LogP contribution in [-0.4, -0.2) is 16.5 Å². The molecule has 1 amide bonds. The first-order valence-electron chi connectivity index (χ1n) is 8.11. The van der Waals surface area contributed by atoms with Gasteiger partial charge >= 0.3 is 0 Å². The fourth-order valence-corrected chi connectivity index (χ4v) is 3.25. The van der Waals surface area contributed by atoms with Crippen LogP contribution in [0.5, 0.6) is 0 Å². The number of rotatable bonds is 3. The van der Waals surface area contributed by atoms with E-state index in [2.05, 4.69) is 5.32 Å². The zero-order chi connectivity index (χ0) is 15.4. The van der Waals surface area contributed by atoms with Crippen molar-refractivity contribution in [3.8, 4) is 0 Å². The maximum atomic E-state index is 12.3. The second-order valence-electron chi connectivity index (χ2n) is 6.08. The molecular formula is C18H22N2O2. The summed E-state index contributed by atoms with van der Waals surface area (Å²) in [6, 6.07) is 9.26. The van der Waals surface area contributed by atoms with Crippen LogP contribution in [0.1, 0.15) is 38.5 Å². The third-order valence-electron chi connectivity index (χ3n) is 4.42. The molecule has 0 saturated heterocycles. The summed E-state index contributed by atoms with van der Waals surface area (Å²) < 4.78 is 1.85. The van der Waals surface area contributed by atoms with E-state index in [-0.39, 0.29) is 17.9 Å². The molecule has 0 aliphatic heterocycles. The second kappa shape index (κ2) is 6.77. The van der Waals surface area contributed by atoms with Crippen molar-refractivity contribution in [2.75, 3.05) is 0 Å². The minimum atomic E-state index is -0.00368. The van der Waals surface area contributed by atoms with E-state index in [1.54, 1.807) is 12.3 Å². The molecule has 0 bridgehead atoms. The van der Waals surface area contributed by atoms with Crippen LogP contribution >= 0.6 is 0 Å². The molecule has 0 spiro atoms. The highest BCUT2D eigenvalue weighted by Crippen LogP contribution is 2.17. The zero-order valence-corrected chi connectivity index (χ0v) is 12.8. The van der Waals surface area contributed by atoms with E-state index in [4.69, 9.17) is 0 Å². The fourth-order valence-electron chi connectivity index (χ4n) is 3.25. The van der Waals surface area contributed by atoms with Gasteiger partial charge in [0.05, 0.1) is 5.52 Å². The molecule has 1 N–H and O–H groups in total. The summed E-state index contributed by atoms with van der Waals surface area (Å²) >= 11 is 0. The molecule has 1 aromatic carbocycles. The van der Waals surface area contributed by atoms with E-state index >= 15 is 0 Å². The third kappa shape index (κ3) is 3.38. The highest BCUT2D eigenvalue weighted by atomic mass is 16.2. The Morgan fingerprint density at radius 3 is 2.59 bits per heavy atom. The Bertz CT molecular complexity index is 712. The predicted molar refractivity (Wildman–Crippen MR) is 87.8 cm³/mol. The average Bonchev–Trinajstić information content (AvgIpc) is 2.79. The lowest BCUT2D eigenvalue weighted by atomic mass is 10.1. The monoisotopic (exact) mass is 298 g/mol. The molecule has 22 heavy (non-hydrogen) atoms. The molecule has 1 saturated carbocycles. The van der Waals surface area contributed by atoms with Gasteiger partial charge in [-0.15, -0.1) is 0 Å². The second-order valence-corrected chi connectivity index (χ2v) is 6.08. The summed E-state index contributed by atoms with van der Waals surface area (Å²) in [5.74, 6) is 0.0284. The lowest BCUT2D eigenvalue weighted by Gasteiger charge is -2.17. The molecule has 1 fully saturated rings. The molecule has 1 aliphatic rings. The SMILES string of the molecule is O=C(Cn1ccc(=O)c2ccccc21)NC1CCCCCC1. The largest absolute Gasteiger partial charge is 0.352 e. The van der Waals surface area contributed by atoms with Crippen molar-refractivity contribution in [2.45, 2.75) is 51.1 Å². The number of benzene rings is 1. The molecule has 1 aromatic heterocycles. The van der Waals surface area contributed by atoms with E-state index in [1.807, 2.05) is 22.8 Å². The quantitative estimate of drug-likeness (QED) is 0.886. The Morgan fingerprint density at radius 1 is 1.09 bits per heavy atom. The number of nitrogens with one attached hydrogen (secondary N) is 1. The van der Waals surface area contributed by atoms with Gasteiger partial charge in [0, 0.05) is 23.7 Å². The number of pyridine rings is 1. The maximum Gasteiger partial charge on any atom is 0.240 e. The molecule has 4 nitrogen and oxygen atoms in total. The number of carbonyl (C=O) groups is 1. The van der Waals surface area contributed by atoms with Crippen LogP contribution in [-0.2, 0) is 11.3 Å². The Kier molecular flexibility index (Phi) is 4.56. The topological polar surface area (TPSA) is 51.1 Å². The van der Waals surface area contributed by atoms with Gasteiger partial charge in [0.25, 0.3) is 0 Å². The summed E-state index contributed by atoms with van der Waals surface area (Å²) in [7, 11) is 0. The van der Waals surface area contributed by atoms with Gasteiger partial charge in [0.1, 0.15) is 6.54 Å². The van der Waals surface area contributed by atoms with Crippen molar-refractivity contribution in [3.05, 3.63) is 46.8 Å². The number of hydrogen-bond acceptors (Lipinski definition) is 2. The van der Waals surface area contributed by atoms with Crippen molar-refractivity contribution >= 4 is 16.8 Å². The number of amides is 1. The Morgan fingerprint density at radius 2 is 1.82 bits per heavy atom. The predicted octanol–water partition coefficient (Wildman–Crippen LogP) is 2.84. The molecule has 4 heteroatoms. The summed E-state index contributed by atoms with van der Waals surface area (Å²) in [6.07, 6.45) is 8.82. The van der Waals surface area contributed by atoms with Crippen LogP contribution in [0.4, 0.5) is 0 Å². The van der Waals surface area contributed by atoms with E-state index in [0.717, 1.165) is 18.4 Å². The van der Waals surface area contributed by atoms with Gasteiger partial charge < -0.3 is 9.88 Å². The number of hydrogen-bond donors (Lipinski definition) is 1. The number of fused-ring (bicyclic) bond motifs is 1. The highest BCUT2D eigenvalue weighted by Gasteiger charge is 2.15. The highest BCUT2D eigenvalue weighted by molar-refractivity contribution is 5.82. The van der Waals surface area contributed by atoms with E-state index in [1.165, 1.54) is 31.7 Å². The first-order chi connectivity index (χ1) is 10.7. The first-order valence-corrected chi connectivity index (χ1v) is 8.11. The van der Waals surface area contributed by atoms with Crippen LogP contribution in [0.3, 0.4) is 0 Å². The van der Waals surface area contributed by atoms with Gasteiger partial charge in [0.2, 0.25) is 5.91 Å². The minimum Gasteiger partial charge on any atom is -0.352 e. The van der Waals surface area contributed by atoms with Crippen LogP contribution in [0, 0.1) is 0 Å². The number of para-hydroxylation sites is 1. The van der Waals surface area contributed by atoms with Crippen molar-refractivity contribution in [3.63, 3.8) is 0 Å². The van der Waals surface area contributed by atoms with Gasteiger partial charge in [-0.2, -0.15) is 0 Å². The van der Waals surface area contributed by atoms with Gasteiger partial charge in [0.15, 0.2) is 5.43 Å². The number of carbonyl (C=O) groups excluding carboxylic acids is 1. The molecule has 1 aliphatic carbocycles. The molecule has 0 atom stereocenters. The summed E-state index contributed by atoms with van der Waals surface area (Å²) in [5, 5.41) is 3.81. The summed E-state index contributed by atoms with van der Waals surface area (Å²) in [6.45, 7) is 0.261. The Labute approximate surface area is 130 Å². The lowest BCUT2D eigenvalue weighted by molar-refractivity contribution is -0.122. The molecule has 0 unspecified atom stereocenters. The van der Waals surface area contributed by atoms with Crippen molar-refractivity contribution < 1.29 is 4.79 Å². The van der Waals surface area contributed by atoms with E-state index in [9.17, 15) is 9.59 Å². The van der Waals surface area contributed by atoms with Gasteiger partial charge in [-0.05, 0) is 25.0 Å². The van der Waals surface area contributed by atoms with Crippen LogP contribution in [0.2, 0.25) is 0 Å².